The van der Waals surface area contributed by atoms with Crippen molar-refractivity contribution in [1.29, 1.82) is 0 Å². The molecule has 5 heteroatoms. The van der Waals surface area contributed by atoms with Gasteiger partial charge in [-0.3, -0.25) is 4.79 Å². The van der Waals surface area contributed by atoms with Crippen LogP contribution in [0.15, 0.2) is 18.3 Å². The fraction of sp³-hybridized carbons (Fsp3) is 0.467. The van der Waals surface area contributed by atoms with Crippen LogP contribution in [0.1, 0.15) is 35.8 Å². The molecule has 0 aliphatic rings. The topological polar surface area (TPSA) is 71.5 Å². The Balaban J connectivity index is 2.57. The van der Waals surface area contributed by atoms with Crippen molar-refractivity contribution >= 4 is 5.91 Å². The summed E-state index contributed by atoms with van der Waals surface area (Å²) in [6.07, 6.45) is 2.70. The Kier molecular flexibility index (Phi) is 8.04. The number of nitrogens with zero attached hydrogens (tertiary/aromatic N) is 1. The van der Waals surface area contributed by atoms with Crippen molar-refractivity contribution in [1.82, 2.24) is 10.3 Å². The number of ether oxygens (including phenoxy) is 1. The van der Waals surface area contributed by atoms with E-state index in [2.05, 4.69) is 22.1 Å². The highest BCUT2D eigenvalue weighted by atomic mass is 16.5. The van der Waals surface area contributed by atoms with E-state index in [1.54, 1.807) is 18.3 Å². The first-order valence-corrected chi connectivity index (χ1v) is 6.70. The summed E-state index contributed by atoms with van der Waals surface area (Å²) in [6.45, 7) is 3.79. The average molecular weight is 276 g/mol. The zero-order chi connectivity index (χ0) is 14.6. The minimum atomic E-state index is -0.240. The Bertz CT molecular complexity index is 477. The second-order valence-electron chi connectivity index (χ2n) is 3.98. The van der Waals surface area contributed by atoms with Crippen molar-refractivity contribution in [3.05, 3.63) is 29.6 Å². The van der Waals surface area contributed by atoms with E-state index in [1.165, 1.54) is 0 Å². The Morgan fingerprint density at radius 2 is 2.40 bits per heavy atom. The molecule has 5 nitrogen and oxygen atoms in total. The maximum atomic E-state index is 12.0. The second kappa shape index (κ2) is 9.96. The summed E-state index contributed by atoms with van der Waals surface area (Å²) in [4.78, 5) is 16.1. The number of aliphatic hydroxyl groups is 1. The molecule has 2 N–H and O–H groups in total. The van der Waals surface area contributed by atoms with Crippen molar-refractivity contribution in [2.24, 2.45) is 0 Å². The smallest absolute Gasteiger partial charge is 0.271 e. The third-order valence-corrected chi connectivity index (χ3v) is 2.44. The number of nitrogens with one attached hydrogen (secondary N) is 1. The second-order valence-corrected chi connectivity index (χ2v) is 3.98. The molecule has 1 aromatic heterocycles. The van der Waals surface area contributed by atoms with Crippen LogP contribution in [0.25, 0.3) is 0 Å². The standard InChI is InChI=1S/C15H20N2O3/c1-2-20-12-6-10-17-15(19)14-13(7-3-4-11-18)8-5-9-16-14/h5,8-9,18H,2,4,6,10-12H2,1H3,(H,17,19). The molecule has 0 aliphatic carbocycles. The molecule has 0 bridgehead atoms. The van der Waals surface area contributed by atoms with Gasteiger partial charge in [-0.15, -0.1) is 0 Å². The fourth-order valence-corrected chi connectivity index (χ4v) is 1.50. The molecule has 0 aromatic carbocycles. The minimum Gasteiger partial charge on any atom is -0.395 e. The third-order valence-electron chi connectivity index (χ3n) is 2.44. The normalized spacial score (nSPS) is 9.70. The van der Waals surface area contributed by atoms with Crippen molar-refractivity contribution in [3.8, 4) is 11.8 Å². The number of hydrogen-bond acceptors (Lipinski definition) is 4. The molecule has 0 spiro atoms. The highest BCUT2D eigenvalue weighted by Crippen LogP contribution is 2.03. The lowest BCUT2D eigenvalue weighted by Gasteiger charge is -2.06. The average Bonchev–Trinajstić information content (AvgIpc) is 2.47. The van der Waals surface area contributed by atoms with Crippen molar-refractivity contribution < 1.29 is 14.6 Å². The lowest BCUT2D eigenvalue weighted by atomic mass is 10.2. The maximum Gasteiger partial charge on any atom is 0.271 e. The van der Waals surface area contributed by atoms with Gasteiger partial charge in [-0.05, 0) is 25.5 Å². The summed E-state index contributed by atoms with van der Waals surface area (Å²) < 4.78 is 5.20. The van der Waals surface area contributed by atoms with Crippen LogP contribution in [0.3, 0.4) is 0 Å². The molecule has 1 rings (SSSR count). The molecule has 108 valence electrons. The Hall–Kier alpha value is -1.90. The largest absolute Gasteiger partial charge is 0.395 e. The zero-order valence-corrected chi connectivity index (χ0v) is 11.7. The molecular formula is C15H20N2O3. The number of hydrogen-bond donors (Lipinski definition) is 2. The molecule has 0 aliphatic heterocycles. The lowest BCUT2D eigenvalue weighted by Crippen LogP contribution is -2.27. The fourth-order valence-electron chi connectivity index (χ4n) is 1.50. The van der Waals surface area contributed by atoms with Gasteiger partial charge in [-0.2, -0.15) is 0 Å². The van der Waals surface area contributed by atoms with Gasteiger partial charge in [-0.25, -0.2) is 4.98 Å². The third kappa shape index (κ3) is 5.83. The first-order chi connectivity index (χ1) is 9.79. The lowest BCUT2D eigenvalue weighted by molar-refractivity contribution is 0.0939. The number of carbonyl (C=O) groups excluding carboxylic acids is 1. The Morgan fingerprint density at radius 3 is 3.15 bits per heavy atom. The molecule has 0 atom stereocenters. The van der Waals surface area contributed by atoms with Gasteiger partial charge >= 0.3 is 0 Å². The van der Waals surface area contributed by atoms with E-state index in [1.807, 2.05) is 6.92 Å². The van der Waals surface area contributed by atoms with Crippen LogP contribution in [0.5, 0.6) is 0 Å². The number of pyridine rings is 1. The predicted molar refractivity (Wildman–Crippen MR) is 76.3 cm³/mol. The number of amides is 1. The van der Waals surface area contributed by atoms with Crippen LogP contribution in [0.2, 0.25) is 0 Å². The van der Waals surface area contributed by atoms with E-state index in [0.717, 1.165) is 6.42 Å². The summed E-state index contributed by atoms with van der Waals surface area (Å²) in [6, 6.07) is 3.47. The van der Waals surface area contributed by atoms with Crippen LogP contribution in [-0.4, -0.2) is 42.4 Å². The maximum absolute atomic E-state index is 12.0. The van der Waals surface area contributed by atoms with Gasteiger partial charge in [0.15, 0.2) is 0 Å². The molecule has 0 saturated carbocycles. The van der Waals surface area contributed by atoms with Crippen LogP contribution < -0.4 is 5.32 Å². The van der Waals surface area contributed by atoms with Crippen molar-refractivity contribution in [3.63, 3.8) is 0 Å². The van der Waals surface area contributed by atoms with Crippen LogP contribution in [0.4, 0.5) is 0 Å². The number of carbonyl (C=O) groups is 1. The first kappa shape index (κ1) is 16.2. The molecule has 0 saturated heterocycles. The number of rotatable bonds is 7. The van der Waals surface area contributed by atoms with E-state index >= 15 is 0 Å². The van der Waals surface area contributed by atoms with Crippen LogP contribution >= 0.6 is 0 Å². The summed E-state index contributed by atoms with van der Waals surface area (Å²) >= 11 is 0. The SMILES string of the molecule is CCOCCCNC(=O)c1ncccc1C#CCCO. The minimum absolute atomic E-state index is 0.00617. The highest BCUT2D eigenvalue weighted by molar-refractivity contribution is 5.94. The molecule has 1 heterocycles. The van der Waals surface area contributed by atoms with Gasteiger partial charge in [0.2, 0.25) is 0 Å². The van der Waals surface area contributed by atoms with Gasteiger partial charge in [-0.1, -0.05) is 11.8 Å². The quantitative estimate of drug-likeness (QED) is 0.575. The summed E-state index contributed by atoms with van der Waals surface area (Å²) in [5.74, 6) is 5.40. The molecule has 0 radical (unpaired) electrons. The monoisotopic (exact) mass is 276 g/mol. The number of aliphatic hydroxyl groups excluding tert-OH is 1. The van der Waals surface area contributed by atoms with Gasteiger partial charge in [0.05, 0.1) is 12.2 Å². The number of aromatic nitrogens is 1. The summed E-state index contributed by atoms with van der Waals surface area (Å²) in [7, 11) is 0. The molecule has 20 heavy (non-hydrogen) atoms. The molecule has 0 fully saturated rings. The Labute approximate surface area is 119 Å². The van der Waals surface area contributed by atoms with Crippen molar-refractivity contribution in [2.45, 2.75) is 19.8 Å². The van der Waals surface area contributed by atoms with Gasteiger partial charge in [0.1, 0.15) is 5.69 Å². The van der Waals surface area contributed by atoms with E-state index in [-0.39, 0.29) is 12.5 Å². The van der Waals surface area contributed by atoms with E-state index < -0.39 is 0 Å². The Morgan fingerprint density at radius 1 is 1.55 bits per heavy atom. The van der Waals surface area contributed by atoms with Crippen LogP contribution in [0, 0.1) is 11.8 Å². The zero-order valence-electron chi connectivity index (χ0n) is 11.7. The predicted octanol–water partition coefficient (Wildman–Crippen LogP) is 0.972. The van der Waals surface area contributed by atoms with Crippen LogP contribution in [-0.2, 0) is 4.74 Å². The van der Waals surface area contributed by atoms with Crippen molar-refractivity contribution in [2.75, 3.05) is 26.4 Å². The van der Waals surface area contributed by atoms with Gasteiger partial charge in [0.25, 0.3) is 5.91 Å². The highest BCUT2D eigenvalue weighted by Gasteiger charge is 2.10. The molecular weight excluding hydrogens is 256 g/mol. The summed E-state index contributed by atoms with van der Waals surface area (Å²) in [5, 5.41) is 11.5. The van der Waals surface area contributed by atoms with E-state index in [9.17, 15) is 4.79 Å². The summed E-state index contributed by atoms with van der Waals surface area (Å²) in [5.41, 5.74) is 0.887. The molecule has 0 unspecified atom stereocenters. The first-order valence-electron chi connectivity index (χ1n) is 6.70. The molecule has 1 amide bonds. The van der Waals surface area contributed by atoms with Gasteiger partial charge < -0.3 is 15.2 Å². The van der Waals surface area contributed by atoms with E-state index in [4.69, 9.17) is 9.84 Å². The van der Waals surface area contributed by atoms with E-state index in [0.29, 0.717) is 37.4 Å². The van der Waals surface area contributed by atoms with Gasteiger partial charge in [0, 0.05) is 32.4 Å². The molecule has 1 aromatic rings.